The van der Waals surface area contributed by atoms with E-state index in [0.29, 0.717) is 31.6 Å². The van der Waals surface area contributed by atoms with Crippen LogP contribution in [0.1, 0.15) is 299 Å². The summed E-state index contributed by atoms with van der Waals surface area (Å²) in [7, 11) is -9.89. The second kappa shape index (κ2) is 53.3. The third-order valence-electron chi connectivity index (χ3n) is 14.7. The van der Waals surface area contributed by atoms with E-state index in [4.69, 9.17) is 37.0 Å². The van der Waals surface area contributed by atoms with Crippen molar-refractivity contribution in [3.8, 4) is 0 Å². The smallest absolute Gasteiger partial charge is 0.462 e. The maximum Gasteiger partial charge on any atom is 0.472 e. The van der Waals surface area contributed by atoms with Crippen LogP contribution in [-0.4, -0.2) is 96.7 Å². The van der Waals surface area contributed by atoms with E-state index in [9.17, 15) is 43.2 Å². The quantitative estimate of drug-likeness (QED) is 0.0222. The predicted molar refractivity (Wildman–Crippen MR) is 326 cm³/mol. The van der Waals surface area contributed by atoms with Gasteiger partial charge in [0, 0.05) is 25.7 Å². The summed E-state index contributed by atoms with van der Waals surface area (Å²) in [6.07, 6.45) is 32.3. The Bertz CT molecular complexity index is 1650. The number of aliphatic hydroxyl groups excluding tert-OH is 1. The van der Waals surface area contributed by atoms with Crippen LogP contribution in [0.15, 0.2) is 0 Å². The van der Waals surface area contributed by atoms with Gasteiger partial charge >= 0.3 is 39.5 Å². The van der Waals surface area contributed by atoms with Crippen molar-refractivity contribution >= 4 is 39.5 Å². The summed E-state index contributed by atoms with van der Waals surface area (Å²) >= 11 is 0. The Morgan fingerprint density at radius 1 is 0.341 bits per heavy atom. The van der Waals surface area contributed by atoms with Crippen LogP contribution in [0.3, 0.4) is 0 Å². The lowest BCUT2D eigenvalue weighted by Gasteiger charge is -2.21. The molecule has 3 unspecified atom stereocenters. The van der Waals surface area contributed by atoms with E-state index in [0.717, 1.165) is 120 Å². The molecule has 0 aliphatic rings. The van der Waals surface area contributed by atoms with Gasteiger partial charge in [-0.15, -0.1) is 0 Å². The Kier molecular flexibility index (Phi) is 52.0. The van der Waals surface area contributed by atoms with Gasteiger partial charge in [-0.2, -0.15) is 0 Å². The number of carbonyl (C=O) groups is 4. The van der Waals surface area contributed by atoms with Gasteiger partial charge in [0.2, 0.25) is 0 Å². The normalized spacial score (nSPS) is 14.8. The number of carbonyl (C=O) groups excluding carboxylic acids is 4. The molecular formula is C63H122O17P2. The molecule has 3 N–H and O–H groups in total. The Morgan fingerprint density at radius 3 is 0.866 bits per heavy atom. The SMILES string of the molecule is CCC(C)CCCCCCCCC(=O)OC[C@H](COP(=O)(O)OC[C@H](O)COP(=O)(O)OC[C@@H](COC(=O)CCCCCCCCC(C)C)OC(=O)CCCCCCCCCCC(C)C)OC(=O)CCCCCCCCCCCC(C)C. The Hall–Kier alpha value is -1.94. The minimum Gasteiger partial charge on any atom is -0.462 e. The standard InChI is InChI=1S/C63H122O17P2/c1-9-56(8)42-34-26-20-22-28-36-44-61(66)74-50-59(79-62(67)45-37-29-17-12-10-11-15-23-31-39-53(2)3)52-78-82(71,72)76-48-57(64)47-75-81(69,70)77-51-58(49-73-60(65)43-35-27-21-19-25-33-41-55(6)7)80-63(68)46-38-30-18-14-13-16-24-32-40-54(4)5/h53-59,64H,9-52H2,1-8H3,(H,69,70)(H,71,72)/t56?,57-,58-,59-/m1/s1. The number of aliphatic hydroxyl groups is 1. The highest BCUT2D eigenvalue weighted by Crippen LogP contribution is 2.45. The van der Waals surface area contributed by atoms with Crippen molar-refractivity contribution in [3.63, 3.8) is 0 Å². The molecule has 486 valence electrons. The van der Waals surface area contributed by atoms with Crippen LogP contribution in [0.5, 0.6) is 0 Å². The first-order chi connectivity index (χ1) is 39.1. The fourth-order valence-electron chi connectivity index (χ4n) is 9.22. The van der Waals surface area contributed by atoms with Crippen molar-refractivity contribution in [1.29, 1.82) is 0 Å². The molecule has 0 amide bonds. The molecule has 0 aromatic rings. The number of phosphoric acid groups is 2. The highest BCUT2D eigenvalue weighted by atomic mass is 31.2. The molecule has 0 saturated heterocycles. The number of phosphoric ester groups is 2. The summed E-state index contributed by atoms with van der Waals surface area (Å²) in [6, 6.07) is 0. The zero-order chi connectivity index (χ0) is 61.1. The Labute approximate surface area is 498 Å². The molecule has 0 radical (unpaired) electrons. The predicted octanol–water partition coefficient (Wildman–Crippen LogP) is 17.0. The fourth-order valence-corrected chi connectivity index (χ4v) is 10.8. The maximum atomic E-state index is 13.0. The first-order valence-electron chi connectivity index (χ1n) is 32.7. The summed E-state index contributed by atoms with van der Waals surface area (Å²) in [4.78, 5) is 72.1. The van der Waals surface area contributed by atoms with Crippen molar-refractivity contribution in [2.45, 2.75) is 318 Å². The van der Waals surface area contributed by atoms with Gasteiger partial charge in [-0.25, -0.2) is 9.13 Å². The van der Waals surface area contributed by atoms with E-state index in [-0.39, 0.29) is 25.7 Å². The molecule has 0 fully saturated rings. The zero-order valence-corrected chi connectivity index (χ0v) is 54.9. The van der Waals surface area contributed by atoms with Gasteiger partial charge in [-0.1, -0.05) is 248 Å². The van der Waals surface area contributed by atoms with Crippen LogP contribution in [0, 0.1) is 23.7 Å². The van der Waals surface area contributed by atoms with E-state index in [1.54, 1.807) is 0 Å². The number of rotatable bonds is 60. The molecule has 19 heteroatoms. The minimum atomic E-state index is -4.94. The average molecular weight is 1210 g/mol. The number of hydrogen-bond acceptors (Lipinski definition) is 15. The molecular weight excluding hydrogens is 1090 g/mol. The molecule has 0 aromatic carbocycles. The third-order valence-corrected chi connectivity index (χ3v) is 16.6. The highest BCUT2D eigenvalue weighted by molar-refractivity contribution is 7.47. The van der Waals surface area contributed by atoms with Gasteiger partial charge in [-0.05, 0) is 49.4 Å². The molecule has 6 atom stereocenters. The third kappa shape index (κ3) is 55.9. The lowest BCUT2D eigenvalue weighted by molar-refractivity contribution is -0.161. The second-order valence-corrected chi connectivity index (χ2v) is 27.4. The summed E-state index contributed by atoms with van der Waals surface area (Å²) in [5.74, 6) is 0.721. The molecule has 0 rings (SSSR count). The first-order valence-corrected chi connectivity index (χ1v) is 35.7. The van der Waals surface area contributed by atoms with Gasteiger partial charge in [0.15, 0.2) is 12.2 Å². The molecule has 0 aliphatic carbocycles. The van der Waals surface area contributed by atoms with E-state index in [1.165, 1.54) is 89.9 Å². The number of hydrogen-bond donors (Lipinski definition) is 3. The highest BCUT2D eigenvalue weighted by Gasteiger charge is 2.30. The van der Waals surface area contributed by atoms with Crippen molar-refractivity contribution in [3.05, 3.63) is 0 Å². The van der Waals surface area contributed by atoms with Crippen LogP contribution >= 0.6 is 15.6 Å². The molecule has 0 aliphatic heterocycles. The Morgan fingerprint density at radius 2 is 0.585 bits per heavy atom. The largest absolute Gasteiger partial charge is 0.472 e. The topological polar surface area (TPSA) is 237 Å². The van der Waals surface area contributed by atoms with Gasteiger partial charge in [-0.3, -0.25) is 37.3 Å². The van der Waals surface area contributed by atoms with Crippen molar-refractivity contribution in [2.75, 3.05) is 39.6 Å². The van der Waals surface area contributed by atoms with E-state index >= 15 is 0 Å². The lowest BCUT2D eigenvalue weighted by Crippen LogP contribution is -2.30. The summed E-state index contributed by atoms with van der Waals surface area (Å²) in [6.45, 7) is 13.9. The van der Waals surface area contributed by atoms with Crippen LogP contribution in [0.2, 0.25) is 0 Å². The fraction of sp³-hybridized carbons (Fsp3) is 0.937. The van der Waals surface area contributed by atoms with Gasteiger partial charge in [0.05, 0.1) is 26.4 Å². The Balaban J connectivity index is 5.26. The molecule has 0 heterocycles. The van der Waals surface area contributed by atoms with Crippen LogP contribution < -0.4 is 0 Å². The summed E-state index contributed by atoms with van der Waals surface area (Å²) in [5, 5.41) is 10.5. The molecule has 0 aromatic heterocycles. The number of esters is 4. The van der Waals surface area contributed by atoms with Gasteiger partial charge in [0.25, 0.3) is 0 Å². The maximum absolute atomic E-state index is 13.0. The van der Waals surface area contributed by atoms with Crippen molar-refractivity contribution in [2.24, 2.45) is 23.7 Å². The molecule has 82 heavy (non-hydrogen) atoms. The molecule has 17 nitrogen and oxygen atoms in total. The first kappa shape index (κ1) is 80.1. The second-order valence-electron chi connectivity index (χ2n) is 24.5. The monoisotopic (exact) mass is 1210 g/mol. The van der Waals surface area contributed by atoms with Crippen LogP contribution in [0.4, 0.5) is 0 Å². The van der Waals surface area contributed by atoms with E-state index in [2.05, 4.69) is 55.4 Å². The summed E-state index contributed by atoms with van der Waals surface area (Å²) < 4.78 is 67.9. The number of ether oxygens (including phenoxy) is 4. The van der Waals surface area contributed by atoms with Crippen LogP contribution in [0.25, 0.3) is 0 Å². The van der Waals surface area contributed by atoms with Gasteiger partial charge < -0.3 is 33.8 Å². The molecule has 0 saturated carbocycles. The summed E-state index contributed by atoms with van der Waals surface area (Å²) in [5.41, 5.74) is 0. The van der Waals surface area contributed by atoms with Crippen LogP contribution in [-0.2, 0) is 65.4 Å². The zero-order valence-electron chi connectivity index (χ0n) is 53.1. The van der Waals surface area contributed by atoms with Crippen molar-refractivity contribution < 1.29 is 80.2 Å². The van der Waals surface area contributed by atoms with E-state index in [1.807, 2.05) is 0 Å². The van der Waals surface area contributed by atoms with E-state index < -0.39 is 97.5 Å². The minimum absolute atomic E-state index is 0.103. The average Bonchev–Trinajstić information content (AvgIpc) is 3.44. The molecule has 0 bridgehead atoms. The van der Waals surface area contributed by atoms with Crippen molar-refractivity contribution in [1.82, 2.24) is 0 Å². The molecule has 0 spiro atoms. The lowest BCUT2D eigenvalue weighted by atomic mass is 10.00. The van der Waals surface area contributed by atoms with Gasteiger partial charge in [0.1, 0.15) is 19.3 Å². The number of unbranched alkanes of at least 4 members (excludes halogenated alkanes) is 25.